The Bertz CT molecular complexity index is 1570. The highest BCUT2D eigenvalue weighted by Gasteiger charge is 2.55. The quantitative estimate of drug-likeness (QED) is 0.320. The van der Waals surface area contributed by atoms with Gasteiger partial charge in [-0.15, -0.1) is 11.3 Å². The number of benzene rings is 1. The number of carboxylic acids is 1. The molecule has 204 valence electrons. The van der Waals surface area contributed by atoms with Gasteiger partial charge in [0, 0.05) is 18.8 Å². The second kappa shape index (κ2) is 10.2. The van der Waals surface area contributed by atoms with Crippen LogP contribution in [0.3, 0.4) is 0 Å². The lowest BCUT2D eigenvalue weighted by molar-refractivity contribution is -0.140. The molecule has 0 bridgehead atoms. The molecule has 1 saturated heterocycles. The molecule has 39 heavy (non-hydrogen) atoms. The lowest BCUT2D eigenvalue weighted by atomic mass is 10.00. The van der Waals surface area contributed by atoms with E-state index in [9.17, 15) is 14.7 Å². The van der Waals surface area contributed by atoms with Gasteiger partial charge >= 0.3 is 5.97 Å². The average Bonchev–Trinajstić information content (AvgIpc) is 3.43. The summed E-state index contributed by atoms with van der Waals surface area (Å²) in [5, 5.41) is 15.2. The molecule has 1 aliphatic heterocycles. The van der Waals surface area contributed by atoms with Gasteiger partial charge in [0.2, 0.25) is 11.3 Å². The van der Waals surface area contributed by atoms with E-state index < -0.39 is 17.5 Å². The second-order valence-electron chi connectivity index (χ2n) is 10.00. The SMILES string of the molecule is COc1ccccc1C(Cn1nc(C2(C(=O)O)CC2)c(=O)c2c(C)c(-c3ncco3)sc21)OC1CCOCC1. The molecule has 1 saturated carbocycles. The van der Waals surface area contributed by atoms with Gasteiger partial charge in [-0.25, -0.2) is 4.98 Å². The maximum absolute atomic E-state index is 13.8. The Labute approximate surface area is 228 Å². The Morgan fingerprint density at radius 1 is 1.28 bits per heavy atom. The molecular formula is C28H29N3O7S. The van der Waals surface area contributed by atoms with E-state index in [1.54, 1.807) is 18.0 Å². The first-order chi connectivity index (χ1) is 18.9. The van der Waals surface area contributed by atoms with Crippen molar-refractivity contribution in [3.8, 4) is 16.5 Å². The van der Waals surface area contributed by atoms with Crippen LogP contribution < -0.4 is 10.2 Å². The van der Waals surface area contributed by atoms with Gasteiger partial charge in [-0.1, -0.05) is 18.2 Å². The average molecular weight is 552 g/mol. The van der Waals surface area contributed by atoms with Crippen molar-refractivity contribution < 1.29 is 28.5 Å². The molecule has 6 rings (SSSR count). The summed E-state index contributed by atoms with van der Waals surface area (Å²) in [6, 6.07) is 7.67. The monoisotopic (exact) mass is 551 g/mol. The first kappa shape index (κ1) is 25.7. The van der Waals surface area contributed by atoms with Crippen molar-refractivity contribution in [3.05, 3.63) is 63.8 Å². The van der Waals surface area contributed by atoms with Crippen LogP contribution in [0.2, 0.25) is 0 Å². The highest BCUT2D eigenvalue weighted by molar-refractivity contribution is 7.22. The molecule has 10 nitrogen and oxygen atoms in total. The number of fused-ring (bicyclic) bond motifs is 1. The normalized spacial score (nSPS) is 17.8. The Morgan fingerprint density at radius 2 is 2.05 bits per heavy atom. The van der Waals surface area contributed by atoms with Gasteiger partial charge in [0.25, 0.3) is 0 Å². The zero-order valence-corrected chi connectivity index (χ0v) is 22.5. The summed E-state index contributed by atoms with van der Waals surface area (Å²) in [4.78, 5) is 31.7. The fourth-order valence-corrected chi connectivity index (χ4v) is 6.48. The smallest absolute Gasteiger partial charge is 0.315 e. The number of nitrogens with zero attached hydrogens (tertiary/aromatic N) is 3. The fourth-order valence-electron chi connectivity index (χ4n) is 5.28. The highest BCUT2D eigenvalue weighted by atomic mass is 32.1. The first-order valence-corrected chi connectivity index (χ1v) is 13.8. The van der Waals surface area contributed by atoms with E-state index in [0.717, 1.165) is 18.4 Å². The molecule has 1 atom stereocenters. The van der Waals surface area contributed by atoms with E-state index in [0.29, 0.717) is 58.4 Å². The number of methoxy groups -OCH3 is 1. The van der Waals surface area contributed by atoms with Crippen molar-refractivity contribution in [3.63, 3.8) is 0 Å². The first-order valence-electron chi connectivity index (χ1n) is 13.0. The summed E-state index contributed by atoms with van der Waals surface area (Å²) in [5.74, 6) is 0.0537. The third-order valence-corrected chi connectivity index (χ3v) is 8.91. The Balaban J connectivity index is 1.52. The van der Waals surface area contributed by atoms with Crippen LogP contribution in [0.4, 0.5) is 0 Å². The molecule has 1 unspecified atom stereocenters. The minimum Gasteiger partial charge on any atom is -0.496 e. The molecule has 0 amide bonds. The lowest BCUT2D eigenvalue weighted by Crippen LogP contribution is -2.32. The Hall–Kier alpha value is -3.54. The molecule has 3 aromatic heterocycles. The van der Waals surface area contributed by atoms with Crippen LogP contribution >= 0.6 is 11.3 Å². The number of thiophene rings is 1. The molecule has 1 aromatic carbocycles. The van der Waals surface area contributed by atoms with Crippen LogP contribution in [0.15, 0.2) is 45.9 Å². The van der Waals surface area contributed by atoms with Crippen molar-refractivity contribution in [1.29, 1.82) is 0 Å². The van der Waals surface area contributed by atoms with Gasteiger partial charge < -0.3 is 23.7 Å². The number of carbonyl (C=O) groups is 1. The number of hydrogen-bond acceptors (Lipinski definition) is 9. The molecule has 0 spiro atoms. The Morgan fingerprint density at radius 3 is 2.72 bits per heavy atom. The molecule has 2 aliphatic rings. The van der Waals surface area contributed by atoms with Gasteiger partial charge in [0.1, 0.15) is 34.1 Å². The van der Waals surface area contributed by atoms with E-state index in [1.807, 2.05) is 31.2 Å². The number of para-hydroxylation sites is 1. The van der Waals surface area contributed by atoms with E-state index >= 15 is 0 Å². The van der Waals surface area contributed by atoms with Crippen LogP contribution in [0, 0.1) is 6.92 Å². The number of hydrogen-bond donors (Lipinski definition) is 1. The zero-order valence-electron chi connectivity index (χ0n) is 21.7. The predicted octanol–water partition coefficient (Wildman–Crippen LogP) is 4.48. The number of oxazole rings is 1. The summed E-state index contributed by atoms with van der Waals surface area (Å²) in [5.41, 5.74) is -0.0204. The zero-order chi connectivity index (χ0) is 27.1. The second-order valence-corrected chi connectivity index (χ2v) is 11.0. The van der Waals surface area contributed by atoms with Gasteiger partial charge in [-0.2, -0.15) is 5.10 Å². The molecule has 0 radical (unpaired) electrons. The minimum absolute atomic E-state index is 0.0234. The molecule has 1 N–H and O–H groups in total. The van der Waals surface area contributed by atoms with Crippen LogP contribution in [-0.2, 0) is 26.2 Å². The maximum atomic E-state index is 13.8. The number of aryl methyl sites for hydroxylation is 1. The number of carboxylic acid groups (broad SMARTS) is 1. The summed E-state index contributed by atoms with van der Waals surface area (Å²) >= 11 is 1.35. The molecule has 2 fully saturated rings. The molecule has 4 heterocycles. The van der Waals surface area contributed by atoms with Crippen molar-refractivity contribution in [2.75, 3.05) is 20.3 Å². The number of aromatic nitrogens is 3. The Kier molecular flexibility index (Phi) is 6.74. The van der Waals surface area contributed by atoms with Gasteiger partial charge in [0.05, 0.1) is 36.2 Å². The van der Waals surface area contributed by atoms with Gasteiger partial charge in [-0.05, 0) is 44.2 Å². The molecule has 11 heteroatoms. The van der Waals surface area contributed by atoms with Crippen molar-refractivity contribution in [2.45, 2.75) is 56.8 Å². The third-order valence-electron chi connectivity index (χ3n) is 7.61. The topological polar surface area (TPSA) is 126 Å². The van der Waals surface area contributed by atoms with Crippen LogP contribution in [0.1, 0.15) is 48.6 Å². The van der Waals surface area contributed by atoms with Crippen molar-refractivity contribution in [2.24, 2.45) is 0 Å². The maximum Gasteiger partial charge on any atom is 0.315 e. The summed E-state index contributed by atoms with van der Waals surface area (Å²) in [7, 11) is 1.62. The van der Waals surface area contributed by atoms with Crippen molar-refractivity contribution in [1.82, 2.24) is 14.8 Å². The molecule has 4 aromatic rings. The third kappa shape index (κ3) is 4.54. The number of ether oxygens (including phenoxy) is 3. The van der Waals surface area contributed by atoms with E-state index in [2.05, 4.69) is 4.98 Å². The number of rotatable bonds is 9. The van der Waals surface area contributed by atoms with E-state index in [-0.39, 0.29) is 23.8 Å². The van der Waals surface area contributed by atoms with E-state index in [1.165, 1.54) is 17.6 Å². The fraction of sp³-hybridized carbons (Fsp3) is 0.429. The highest BCUT2D eigenvalue weighted by Crippen LogP contribution is 2.47. The van der Waals surface area contributed by atoms with Crippen LogP contribution in [0.25, 0.3) is 21.0 Å². The molecular weight excluding hydrogens is 522 g/mol. The largest absolute Gasteiger partial charge is 0.496 e. The number of aliphatic carboxylic acids is 1. The lowest BCUT2D eigenvalue weighted by Gasteiger charge is -2.29. The summed E-state index contributed by atoms with van der Waals surface area (Å²) in [6.45, 7) is 3.34. The van der Waals surface area contributed by atoms with Crippen LogP contribution in [0.5, 0.6) is 5.75 Å². The van der Waals surface area contributed by atoms with Crippen LogP contribution in [-0.4, -0.2) is 52.3 Å². The van der Waals surface area contributed by atoms with E-state index in [4.69, 9.17) is 23.7 Å². The summed E-state index contributed by atoms with van der Waals surface area (Å²) < 4.78 is 25.2. The minimum atomic E-state index is -1.27. The van der Waals surface area contributed by atoms with Gasteiger partial charge in [-0.3, -0.25) is 14.3 Å². The predicted molar refractivity (Wildman–Crippen MR) is 143 cm³/mol. The standard InChI is InChI=1S/C28H29N3O7S/c1-16-21-22(32)24(28(9-10-28)27(33)34)30-31(26(21)39-23(16)25-29-11-14-37-25)15-20(38-17-7-12-36-13-8-17)18-5-3-4-6-19(18)35-2/h3-6,11,14,17,20H,7-10,12-13,15H2,1-2H3,(H,33,34). The van der Waals surface area contributed by atoms with Crippen molar-refractivity contribution >= 4 is 27.5 Å². The molecule has 1 aliphatic carbocycles. The van der Waals surface area contributed by atoms with Gasteiger partial charge in [0.15, 0.2) is 0 Å². The summed E-state index contributed by atoms with van der Waals surface area (Å²) in [6.07, 6.45) is 4.82.